The van der Waals surface area contributed by atoms with Gasteiger partial charge in [-0.1, -0.05) is 59.3 Å². The second-order valence-corrected chi connectivity index (χ2v) is 6.77. The summed E-state index contributed by atoms with van der Waals surface area (Å²) in [6.45, 7) is 0. The molecule has 0 spiro atoms. The van der Waals surface area contributed by atoms with Crippen LogP contribution in [0.1, 0.15) is 44.1 Å². The zero-order valence-electron chi connectivity index (χ0n) is 11.8. The van der Waals surface area contributed by atoms with Crippen LogP contribution >= 0.6 is 27.5 Å². The molecular formula is C16H20BrClO2. The lowest BCUT2D eigenvalue weighted by Gasteiger charge is -2.30. The molecule has 0 amide bonds. The molecule has 2 nitrogen and oxygen atoms in total. The summed E-state index contributed by atoms with van der Waals surface area (Å²) in [5, 5.41) is 0.632. The third kappa shape index (κ3) is 3.63. The zero-order valence-corrected chi connectivity index (χ0v) is 14.1. The normalized spacial score (nSPS) is 18.6. The Morgan fingerprint density at radius 1 is 1.30 bits per heavy atom. The number of rotatable bonds is 4. The number of ketones is 1. The molecule has 1 aromatic carbocycles. The van der Waals surface area contributed by atoms with E-state index in [-0.39, 0.29) is 5.78 Å². The van der Waals surface area contributed by atoms with Crippen molar-refractivity contribution in [3.8, 4) is 0 Å². The van der Waals surface area contributed by atoms with Gasteiger partial charge < -0.3 is 4.74 Å². The van der Waals surface area contributed by atoms with Crippen LogP contribution in [0.3, 0.4) is 0 Å². The van der Waals surface area contributed by atoms with E-state index in [1.807, 2.05) is 18.2 Å². The minimum absolute atomic E-state index is 0.158. The molecule has 0 bridgehead atoms. The summed E-state index contributed by atoms with van der Waals surface area (Å²) >= 11 is 9.59. The number of halogens is 2. The van der Waals surface area contributed by atoms with Crippen molar-refractivity contribution < 1.29 is 9.53 Å². The third-order valence-corrected chi connectivity index (χ3v) is 5.02. The Balaban J connectivity index is 2.16. The van der Waals surface area contributed by atoms with Crippen LogP contribution in [0.15, 0.2) is 22.7 Å². The van der Waals surface area contributed by atoms with E-state index < -0.39 is 5.60 Å². The summed E-state index contributed by atoms with van der Waals surface area (Å²) in [6, 6.07) is 5.65. The molecule has 1 aromatic rings. The molecule has 2 rings (SSSR count). The van der Waals surface area contributed by atoms with Gasteiger partial charge in [0.05, 0.1) is 0 Å². The first-order chi connectivity index (χ1) is 9.57. The molecule has 0 aliphatic heterocycles. The Hall–Kier alpha value is -0.380. The molecule has 0 atom stereocenters. The third-order valence-electron chi connectivity index (χ3n) is 4.18. The molecule has 0 radical (unpaired) electrons. The second-order valence-electron chi connectivity index (χ2n) is 5.45. The van der Waals surface area contributed by atoms with Gasteiger partial charge in [-0.25, -0.2) is 0 Å². The summed E-state index contributed by atoms with van der Waals surface area (Å²) < 4.78 is 6.58. The van der Waals surface area contributed by atoms with Gasteiger partial charge in [-0.15, -0.1) is 0 Å². The van der Waals surface area contributed by atoms with Crippen LogP contribution in [0, 0.1) is 0 Å². The second kappa shape index (κ2) is 7.06. The quantitative estimate of drug-likeness (QED) is 0.711. The van der Waals surface area contributed by atoms with Crippen LogP contribution in [0.2, 0.25) is 5.02 Å². The minimum Gasteiger partial charge on any atom is -0.370 e. The molecule has 0 N–H and O–H groups in total. The van der Waals surface area contributed by atoms with Crippen LogP contribution in [0.4, 0.5) is 0 Å². The molecule has 0 heterocycles. The highest BCUT2D eigenvalue weighted by Gasteiger charge is 2.38. The minimum atomic E-state index is -0.604. The maximum atomic E-state index is 12.7. The predicted molar refractivity (Wildman–Crippen MR) is 85.3 cm³/mol. The van der Waals surface area contributed by atoms with Gasteiger partial charge in [-0.05, 0) is 30.5 Å². The molecule has 4 heteroatoms. The number of Topliss-reactive ketones (excluding diaryl/α,β-unsaturated/α-hetero) is 1. The highest BCUT2D eigenvalue weighted by atomic mass is 79.9. The first-order valence-corrected chi connectivity index (χ1v) is 8.27. The summed E-state index contributed by atoms with van der Waals surface area (Å²) in [4.78, 5) is 12.7. The average molecular weight is 360 g/mol. The van der Waals surface area contributed by atoms with Crippen LogP contribution < -0.4 is 0 Å². The summed E-state index contributed by atoms with van der Waals surface area (Å²) in [7, 11) is 1.66. The molecule has 0 aromatic heterocycles. The maximum Gasteiger partial charge on any atom is 0.169 e. The summed E-state index contributed by atoms with van der Waals surface area (Å²) in [6.07, 6.45) is 6.52. The van der Waals surface area contributed by atoms with Gasteiger partial charge in [0.2, 0.25) is 0 Å². The SMILES string of the molecule is COC1(C(=O)Cc2ccc(Br)cc2Cl)CCCCCC1. The molecule has 110 valence electrons. The van der Waals surface area contributed by atoms with Crippen molar-refractivity contribution >= 4 is 33.3 Å². The highest BCUT2D eigenvalue weighted by Crippen LogP contribution is 2.33. The van der Waals surface area contributed by atoms with Gasteiger partial charge in [0.25, 0.3) is 0 Å². The van der Waals surface area contributed by atoms with Gasteiger partial charge in [-0.3, -0.25) is 4.79 Å². The lowest BCUT2D eigenvalue weighted by molar-refractivity contribution is -0.142. The number of ether oxygens (including phenoxy) is 1. The molecule has 20 heavy (non-hydrogen) atoms. The van der Waals surface area contributed by atoms with Gasteiger partial charge >= 0.3 is 0 Å². The molecule has 1 aliphatic rings. The molecular weight excluding hydrogens is 340 g/mol. The Morgan fingerprint density at radius 2 is 1.95 bits per heavy atom. The van der Waals surface area contributed by atoms with Gasteiger partial charge in [-0.2, -0.15) is 0 Å². The van der Waals surface area contributed by atoms with Crippen LogP contribution in [0.5, 0.6) is 0 Å². The standard InChI is InChI=1S/C16H20BrClO2/c1-20-16(8-4-2-3-5-9-16)15(19)10-12-6-7-13(17)11-14(12)18/h6-7,11H,2-5,8-10H2,1H3. The Labute approximate surface area is 134 Å². The van der Waals surface area contributed by atoms with E-state index >= 15 is 0 Å². The number of benzene rings is 1. The van der Waals surface area contributed by atoms with E-state index in [4.69, 9.17) is 16.3 Å². The monoisotopic (exact) mass is 358 g/mol. The topological polar surface area (TPSA) is 26.3 Å². The van der Waals surface area contributed by atoms with Crippen molar-refractivity contribution in [3.05, 3.63) is 33.3 Å². The van der Waals surface area contributed by atoms with Gasteiger partial charge in [0.15, 0.2) is 5.78 Å². The van der Waals surface area contributed by atoms with Crippen LogP contribution in [-0.4, -0.2) is 18.5 Å². The van der Waals surface area contributed by atoms with Crippen molar-refractivity contribution in [1.82, 2.24) is 0 Å². The Bertz CT molecular complexity index is 479. The van der Waals surface area contributed by atoms with E-state index in [0.717, 1.165) is 35.7 Å². The smallest absolute Gasteiger partial charge is 0.169 e. The maximum absolute atomic E-state index is 12.7. The molecule has 1 fully saturated rings. The van der Waals surface area contributed by atoms with Gasteiger partial charge in [0.1, 0.15) is 5.60 Å². The average Bonchev–Trinajstić information content (AvgIpc) is 2.68. The van der Waals surface area contributed by atoms with Crippen molar-refractivity contribution in [2.75, 3.05) is 7.11 Å². The molecule has 0 saturated heterocycles. The fourth-order valence-corrected chi connectivity index (χ4v) is 3.64. The lowest BCUT2D eigenvalue weighted by atomic mass is 9.86. The number of carbonyl (C=O) groups excluding carboxylic acids is 1. The van der Waals surface area contributed by atoms with Crippen LogP contribution in [0.25, 0.3) is 0 Å². The fourth-order valence-electron chi connectivity index (χ4n) is 2.90. The number of methoxy groups -OCH3 is 1. The van der Waals surface area contributed by atoms with E-state index in [1.54, 1.807) is 7.11 Å². The Kier molecular flexibility index (Phi) is 5.65. The number of hydrogen-bond acceptors (Lipinski definition) is 2. The van der Waals surface area contributed by atoms with Crippen molar-refractivity contribution in [2.45, 2.75) is 50.5 Å². The first-order valence-electron chi connectivity index (χ1n) is 7.10. The fraction of sp³-hybridized carbons (Fsp3) is 0.562. The van der Waals surface area contributed by atoms with E-state index in [1.165, 1.54) is 12.8 Å². The summed E-state index contributed by atoms with van der Waals surface area (Å²) in [5.74, 6) is 0.158. The van der Waals surface area contributed by atoms with Crippen molar-refractivity contribution in [3.63, 3.8) is 0 Å². The lowest BCUT2D eigenvalue weighted by Crippen LogP contribution is -2.41. The van der Waals surface area contributed by atoms with E-state index in [2.05, 4.69) is 15.9 Å². The van der Waals surface area contributed by atoms with Crippen LogP contribution in [-0.2, 0) is 16.0 Å². The van der Waals surface area contributed by atoms with E-state index in [0.29, 0.717) is 11.4 Å². The van der Waals surface area contributed by atoms with E-state index in [9.17, 15) is 4.79 Å². The molecule has 1 saturated carbocycles. The van der Waals surface area contributed by atoms with Crippen molar-refractivity contribution in [2.24, 2.45) is 0 Å². The zero-order chi connectivity index (χ0) is 14.6. The molecule has 1 aliphatic carbocycles. The van der Waals surface area contributed by atoms with Gasteiger partial charge in [0, 0.05) is 23.0 Å². The van der Waals surface area contributed by atoms with Crippen molar-refractivity contribution in [1.29, 1.82) is 0 Å². The number of carbonyl (C=O) groups is 1. The number of hydrogen-bond donors (Lipinski definition) is 0. The predicted octanol–water partition coefficient (Wildman–Crippen LogP) is 4.95. The Morgan fingerprint density at radius 3 is 2.50 bits per heavy atom. The largest absolute Gasteiger partial charge is 0.370 e. The molecule has 0 unspecified atom stereocenters. The summed E-state index contributed by atoms with van der Waals surface area (Å²) in [5.41, 5.74) is 0.271. The first kappa shape index (κ1) is 16.0. The highest BCUT2D eigenvalue weighted by molar-refractivity contribution is 9.10.